The first kappa shape index (κ1) is 18.2. The molecule has 2 aliphatic rings. The molecule has 27 heavy (non-hydrogen) atoms. The van der Waals surface area contributed by atoms with E-state index in [9.17, 15) is 4.79 Å². The van der Waals surface area contributed by atoms with Crippen molar-refractivity contribution in [2.75, 3.05) is 26.2 Å². The van der Waals surface area contributed by atoms with Gasteiger partial charge in [0.2, 0.25) is 5.91 Å². The predicted molar refractivity (Wildman–Crippen MR) is 106 cm³/mol. The maximum atomic E-state index is 12.3. The van der Waals surface area contributed by atoms with Crippen molar-refractivity contribution in [2.45, 2.75) is 38.4 Å². The molecule has 1 saturated carbocycles. The van der Waals surface area contributed by atoms with Crippen molar-refractivity contribution < 1.29 is 4.79 Å². The summed E-state index contributed by atoms with van der Waals surface area (Å²) in [6.07, 6.45) is 4.13. The summed E-state index contributed by atoms with van der Waals surface area (Å²) in [6.45, 7) is 6.81. The normalized spacial score (nSPS) is 19.8. The van der Waals surface area contributed by atoms with Gasteiger partial charge >= 0.3 is 0 Å². The number of benzene rings is 1. The summed E-state index contributed by atoms with van der Waals surface area (Å²) in [5.41, 5.74) is 3.72. The summed E-state index contributed by atoms with van der Waals surface area (Å²) in [4.78, 5) is 17.1. The molecule has 144 valence electrons. The van der Waals surface area contributed by atoms with Crippen LogP contribution in [0.2, 0.25) is 0 Å². The van der Waals surface area contributed by atoms with E-state index >= 15 is 0 Å². The van der Waals surface area contributed by atoms with E-state index in [-0.39, 0.29) is 11.9 Å². The van der Waals surface area contributed by atoms with Gasteiger partial charge in [0.05, 0.1) is 11.7 Å². The number of carbonyl (C=O) groups excluding carboxylic acids is 1. The maximum absolute atomic E-state index is 12.3. The molecule has 0 bridgehead atoms. The van der Waals surface area contributed by atoms with E-state index in [1.54, 1.807) is 0 Å². The quantitative estimate of drug-likeness (QED) is 0.847. The highest BCUT2D eigenvalue weighted by atomic mass is 16.2. The molecule has 1 aliphatic carbocycles. The fourth-order valence-electron chi connectivity index (χ4n) is 3.81. The minimum absolute atomic E-state index is 0.0329. The van der Waals surface area contributed by atoms with Crippen molar-refractivity contribution in [3.63, 3.8) is 0 Å². The minimum atomic E-state index is -0.0329. The Balaban J connectivity index is 1.36. The largest absolute Gasteiger partial charge is 0.352 e. The third kappa shape index (κ3) is 4.22. The number of nitrogens with zero attached hydrogens (tertiary/aromatic N) is 4. The maximum Gasteiger partial charge on any atom is 0.237 e. The van der Waals surface area contributed by atoms with Crippen molar-refractivity contribution in [1.82, 2.24) is 24.9 Å². The number of piperazine rings is 1. The summed E-state index contributed by atoms with van der Waals surface area (Å²) >= 11 is 0. The van der Waals surface area contributed by atoms with Crippen molar-refractivity contribution in [2.24, 2.45) is 7.05 Å². The Bertz CT molecular complexity index is 789. The summed E-state index contributed by atoms with van der Waals surface area (Å²) in [6, 6.07) is 11.0. The molecule has 2 heterocycles. The lowest BCUT2D eigenvalue weighted by molar-refractivity contribution is -0.126. The van der Waals surface area contributed by atoms with Gasteiger partial charge in [0.15, 0.2) is 0 Å². The van der Waals surface area contributed by atoms with Crippen LogP contribution in [0, 0.1) is 0 Å². The van der Waals surface area contributed by atoms with Crippen molar-refractivity contribution in [3.05, 3.63) is 42.1 Å². The van der Waals surface area contributed by atoms with Gasteiger partial charge in [-0.3, -0.25) is 19.3 Å². The van der Waals surface area contributed by atoms with Gasteiger partial charge in [0, 0.05) is 57.6 Å². The molecule has 0 radical (unpaired) electrons. The second-order valence-electron chi connectivity index (χ2n) is 7.77. The zero-order valence-electron chi connectivity index (χ0n) is 16.3. The van der Waals surface area contributed by atoms with Crippen molar-refractivity contribution in [3.8, 4) is 11.3 Å². The summed E-state index contributed by atoms with van der Waals surface area (Å²) in [5.74, 6) is 0.188. The zero-order valence-corrected chi connectivity index (χ0v) is 16.3. The average molecular weight is 367 g/mol. The monoisotopic (exact) mass is 367 g/mol. The molecule has 1 aliphatic heterocycles. The van der Waals surface area contributed by atoms with Crippen LogP contribution in [-0.4, -0.2) is 63.8 Å². The van der Waals surface area contributed by atoms with Crippen LogP contribution >= 0.6 is 0 Å². The first-order valence-electron chi connectivity index (χ1n) is 9.95. The molecule has 0 spiro atoms. The van der Waals surface area contributed by atoms with Crippen molar-refractivity contribution >= 4 is 5.91 Å². The lowest BCUT2D eigenvalue weighted by Crippen LogP contribution is -2.53. The summed E-state index contributed by atoms with van der Waals surface area (Å²) < 4.78 is 1.93. The standard InChI is InChI=1S/C21H29N5O/c1-16(21(27)23-18-7-8-18)26-13-11-25(12-14-26)15-17-5-3-4-6-19(17)20-9-10-22-24(20)2/h3-6,9-10,16,18H,7-8,11-15H2,1-2H3,(H,23,27)/t16-/m0/s1. The molecule has 2 fully saturated rings. The highest BCUT2D eigenvalue weighted by molar-refractivity contribution is 5.81. The van der Waals surface area contributed by atoms with E-state index in [2.05, 4.69) is 50.5 Å². The Morgan fingerprint density at radius 3 is 2.59 bits per heavy atom. The highest BCUT2D eigenvalue weighted by Gasteiger charge is 2.30. The molecule has 1 aromatic carbocycles. The molecule has 0 unspecified atom stereocenters. The van der Waals surface area contributed by atoms with Gasteiger partial charge in [0.1, 0.15) is 0 Å². The summed E-state index contributed by atoms with van der Waals surface area (Å²) in [7, 11) is 1.99. The Kier molecular flexibility index (Phi) is 5.27. The van der Waals surface area contributed by atoms with Crippen LogP contribution in [0.25, 0.3) is 11.3 Å². The van der Waals surface area contributed by atoms with E-state index in [0.29, 0.717) is 6.04 Å². The Hall–Kier alpha value is -2.18. The van der Waals surface area contributed by atoms with Crippen LogP contribution in [0.15, 0.2) is 36.5 Å². The highest BCUT2D eigenvalue weighted by Crippen LogP contribution is 2.25. The molecule has 4 rings (SSSR count). The van der Waals surface area contributed by atoms with Gasteiger partial charge in [-0.25, -0.2) is 0 Å². The second-order valence-corrected chi connectivity index (χ2v) is 7.77. The fourth-order valence-corrected chi connectivity index (χ4v) is 3.81. The third-order valence-electron chi connectivity index (χ3n) is 5.77. The minimum Gasteiger partial charge on any atom is -0.352 e. The van der Waals surface area contributed by atoms with Crippen LogP contribution < -0.4 is 5.32 Å². The van der Waals surface area contributed by atoms with Crippen molar-refractivity contribution in [1.29, 1.82) is 0 Å². The molecule has 1 amide bonds. The number of rotatable bonds is 6. The Labute approximate surface area is 161 Å². The van der Waals surface area contributed by atoms with E-state index in [0.717, 1.165) is 51.3 Å². The Morgan fingerprint density at radius 1 is 1.19 bits per heavy atom. The van der Waals surface area contributed by atoms with Crippen LogP contribution in [0.3, 0.4) is 0 Å². The number of carbonyl (C=O) groups is 1. The number of hydrogen-bond donors (Lipinski definition) is 1. The van der Waals surface area contributed by atoms with E-state index in [1.165, 1.54) is 11.1 Å². The molecule has 6 nitrogen and oxygen atoms in total. The van der Waals surface area contributed by atoms with Gasteiger partial charge < -0.3 is 5.32 Å². The van der Waals surface area contributed by atoms with Crippen LogP contribution in [0.1, 0.15) is 25.3 Å². The Morgan fingerprint density at radius 2 is 1.93 bits per heavy atom. The van der Waals surface area contributed by atoms with Gasteiger partial charge in [-0.15, -0.1) is 0 Å². The summed E-state index contributed by atoms with van der Waals surface area (Å²) in [5, 5.41) is 7.44. The first-order chi connectivity index (χ1) is 13.1. The molecule has 1 aromatic heterocycles. The van der Waals surface area contributed by atoms with Gasteiger partial charge in [0.25, 0.3) is 0 Å². The molecule has 1 saturated heterocycles. The number of aryl methyl sites for hydroxylation is 1. The average Bonchev–Trinajstić information content (AvgIpc) is 3.40. The molecular formula is C21H29N5O. The molecule has 1 atom stereocenters. The predicted octanol–water partition coefficient (Wildman–Crippen LogP) is 1.87. The third-order valence-corrected chi connectivity index (χ3v) is 5.77. The zero-order chi connectivity index (χ0) is 18.8. The first-order valence-corrected chi connectivity index (χ1v) is 9.95. The van der Waals surface area contributed by atoms with Crippen LogP contribution in [0.5, 0.6) is 0 Å². The van der Waals surface area contributed by atoms with Gasteiger partial charge in [-0.1, -0.05) is 24.3 Å². The number of amides is 1. The number of hydrogen-bond acceptors (Lipinski definition) is 4. The topological polar surface area (TPSA) is 53.4 Å². The lowest BCUT2D eigenvalue weighted by Gasteiger charge is -2.37. The molecular weight excluding hydrogens is 338 g/mol. The van der Waals surface area contributed by atoms with Gasteiger partial charge in [-0.05, 0) is 31.4 Å². The number of nitrogens with one attached hydrogen (secondary N) is 1. The molecule has 1 N–H and O–H groups in total. The fraction of sp³-hybridized carbons (Fsp3) is 0.524. The number of aromatic nitrogens is 2. The molecule has 2 aromatic rings. The van der Waals surface area contributed by atoms with Gasteiger partial charge in [-0.2, -0.15) is 5.10 Å². The van der Waals surface area contributed by atoms with Crippen LogP contribution in [-0.2, 0) is 18.4 Å². The van der Waals surface area contributed by atoms with E-state index in [1.807, 2.05) is 24.9 Å². The van der Waals surface area contributed by atoms with Crippen LogP contribution in [0.4, 0.5) is 0 Å². The SMILES string of the molecule is C[C@@H](C(=O)NC1CC1)N1CCN(Cc2ccccc2-c2ccnn2C)CC1. The second kappa shape index (κ2) is 7.82. The van der Waals surface area contributed by atoms with E-state index < -0.39 is 0 Å². The molecule has 6 heteroatoms. The smallest absolute Gasteiger partial charge is 0.237 e. The lowest BCUT2D eigenvalue weighted by atomic mass is 10.0. The van der Waals surface area contributed by atoms with E-state index in [4.69, 9.17) is 0 Å².